The Balaban J connectivity index is 1.44. The summed E-state index contributed by atoms with van der Waals surface area (Å²) in [5.41, 5.74) is 2.96. The molecule has 1 aliphatic carbocycles. The molecule has 2 aromatic heterocycles. The van der Waals surface area contributed by atoms with Gasteiger partial charge >= 0.3 is 0 Å². The molecule has 2 aliphatic rings. The number of nitrogens with zero attached hydrogens (tertiary/aromatic N) is 4. The highest BCUT2D eigenvalue weighted by atomic mass is 19.1. The van der Waals surface area contributed by atoms with Crippen molar-refractivity contribution >= 4 is 22.6 Å². The highest BCUT2D eigenvalue weighted by Crippen LogP contribution is 2.55. The fourth-order valence-electron chi connectivity index (χ4n) is 4.67. The summed E-state index contributed by atoms with van der Waals surface area (Å²) in [6, 6.07) is 7.32. The number of nitrogens with one attached hydrogen (secondary N) is 1. The summed E-state index contributed by atoms with van der Waals surface area (Å²) in [7, 11) is 1.80. The van der Waals surface area contributed by atoms with Gasteiger partial charge in [-0.2, -0.15) is 0 Å². The molecule has 4 aromatic rings. The quantitative estimate of drug-likeness (QED) is 0.500. The molecule has 156 valence electrons. The average molecular weight is 419 g/mol. The molecule has 6 rings (SSSR count). The van der Waals surface area contributed by atoms with Gasteiger partial charge in [-0.3, -0.25) is 4.79 Å². The van der Waals surface area contributed by atoms with Gasteiger partial charge in [-0.1, -0.05) is 0 Å². The largest absolute Gasteiger partial charge is 0.345 e. The van der Waals surface area contributed by atoms with Crippen LogP contribution in [0.5, 0.6) is 0 Å². The van der Waals surface area contributed by atoms with Crippen LogP contribution in [0.25, 0.3) is 22.3 Å². The topological polar surface area (TPSA) is 66.8 Å². The first-order valence-electron chi connectivity index (χ1n) is 10.2. The Kier molecular flexibility index (Phi) is 3.81. The Morgan fingerprint density at radius 3 is 2.55 bits per heavy atom. The molecule has 8 heteroatoms. The van der Waals surface area contributed by atoms with E-state index < -0.39 is 23.6 Å². The summed E-state index contributed by atoms with van der Waals surface area (Å²) in [6.45, 7) is 0. The van der Waals surface area contributed by atoms with Gasteiger partial charge < -0.3 is 14.5 Å². The summed E-state index contributed by atoms with van der Waals surface area (Å²) in [6.07, 6.45) is 6.69. The molecule has 2 fully saturated rings. The number of benzene rings is 2. The first kappa shape index (κ1) is 18.2. The van der Waals surface area contributed by atoms with Gasteiger partial charge in [0.05, 0.1) is 41.3 Å². The SMILES string of the molecule is Cn1cnc(-c2cc(F)c([C@H]3[C@@H](C4CC4)C(=O)N3c3ccc4nc[nH]c4c3)c(F)c2)c1. The van der Waals surface area contributed by atoms with Crippen molar-refractivity contribution < 1.29 is 13.6 Å². The lowest BCUT2D eigenvalue weighted by Crippen LogP contribution is -2.56. The predicted octanol–water partition coefficient (Wildman–Crippen LogP) is 4.36. The molecule has 2 aromatic carbocycles. The zero-order valence-corrected chi connectivity index (χ0v) is 16.7. The molecule has 1 N–H and O–H groups in total. The zero-order valence-electron chi connectivity index (χ0n) is 16.7. The standard InChI is InChI=1S/C23H19F2N5O/c1-29-9-19(28-11-29)13-6-15(24)21(16(25)7-13)22-20(12-2-3-12)23(31)30(22)14-4-5-17-18(8-14)27-10-26-17/h4-12,20,22H,2-3H2,1H3,(H,26,27)/t20-,22-/m1/s1. The van der Waals surface area contributed by atoms with Crippen LogP contribution in [0.15, 0.2) is 49.2 Å². The molecule has 1 saturated heterocycles. The maximum Gasteiger partial charge on any atom is 0.233 e. The first-order valence-corrected chi connectivity index (χ1v) is 10.2. The van der Waals surface area contributed by atoms with E-state index in [2.05, 4.69) is 15.0 Å². The van der Waals surface area contributed by atoms with Gasteiger partial charge in [0.1, 0.15) is 11.6 Å². The molecule has 1 amide bonds. The molecule has 2 atom stereocenters. The average Bonchev–Trinajstić information content (AvgIpc) is 3.26. The molecular formula is C23H19F2N5O. The maximum absolute atomic E-state index is 15.3. The van der Waals surface area contributed by atoms with Crippen molar-refractivity contribution in [1.82, 2.24) is 19.5 Å². The van der Waals surface area contributed by atoms with Gasteiger partial charge in [0.25, 0.3) is 0 Å². The highest BCUT2D eigenvalue weighted by molar-refractivity contribution is 6.04. The number of imidazole rings is 2. The van der Waals surface area contributed by atoms with Crippen molar-refractivity contribution in [2.75, 3.05) is 4.90 Å². The fraction of sp³-hybridized carbons (Fsp3) is 0.261. The Bertz CT molecular complexity index is 1320. The van der Waals surface area contributed by atoms with Gasteiger partial charge in [0.2, 0.25) is 5.91 Å². The van der Waals surface area contributed by atoms with E-state index >= 15 is 8.78 Å². The van der Waals surface area contributed by atoms with Crippen LogP contribution in [-0.4, -0.2) is 25.4 Å². The lowest BCUT2D eigenvalue weighted by molar-refractivity contribution is -0.131. The molecule has 31 heavy (non-hydrogen) atoms. The van der Waals surface area contributed by atoms with E-state index in [0.29, 0.717) is 16.9 Å². The second-order valence-electron chi connectivity index (χ2n) is 8.40. The third-order valence-electron chi connectivity index (χ3n) is 6.33. The summed E-state index contributed by atoms with van der Waals surface area (Å²) in [5.74, 6) is -1.62. The highest BCUT2D eigenvalue weighted by Gasteiger charge is 2.56. The number of aromatic nitrogens is 4. The Hall–Kier alpha value is -3.55. The number of hydrogen-bond acceptors (Lipinski definition) is 3. The Labute approximate surface area is 176 Å². The number of aryl methyl sites for hydroxylation is 1. The molecule has 6 nitrogen and oxygen atoms in total. The lowest BCUT2D eigenvalue weighted by Gasteiger charge is -2.48. The van der Waals surface area contributed by atoms with Gasteiger partial charge in [0.15, 0.2) is 0 Å². The van der Waals surface area contributed by atoms with Crippen molar-refractivity contribution in [2.45, 2.75) is 18.9 Å². The second kappa shape index (κ2) is 6.47. The minimum atomic E-state index is -0.668. The van der Waals surface area contributed by atoms with E-state index in [1.807, 2.05) is 0 Å². The number of aromatic amines is 1. The van der Waals surface area contributed by atoms with Crippen LogP contribution in [0.4, 0.5) is 14.5 Å². The monoisotopic (exact) mass is 419 g/mol. The van der Waals surface area contributed by atoms with Gasteiger partial charge in [-0.05, 0) is 49.1 Å². The summed E-state index contributed by atoms with van der Waals surface area (Å²) >= 11 is 0. The second-order valence-corrected chi connectivity index (χ2v) is 8.40. The van der Waals surface area contributed by atoms with E-state index in [1.54, 1.807) is 48.7 Å². The minimum Gasteiger partial charge on any atom is -0.345 e. The van der Waals surface area contributed by atoms with Crippen molar-refractivity contribution in [1.29, 1.82) is 0 Å². The molecule has 0 spiro atoms. The van der Waals surface area contributed by atoms with Gasteiger partial charge in [-0.15, -0.1) is 0 Å². The number of β-lactam (4-membered cyclic amide) rings is 1. The lowest BCUT2D eigenvalue weighted by atomic mass is 9.78. The number of anilines is 1. The van der Waals surface area contributed by atoms with Gasteiger partial charge in [-0.25, -0.2) is 18.7 Å². The smallest absolute Gasteiger partial charge is 0.233 e. The Morgan fingerprint density at radius 2 is 1.87 bits per heavy atom. The molecule has 0 unspecified atom stereocenters. The molecule has 3 heterocycles. The number of halogens is 2. The van der Waals surface area contributed by atoms with Crippen molar-refractivity contribution in [3.63, 3.8) is 0 Å². The van der Waals surface area contributed by atoms with Gasteiger partial charge in [0, 0.05) is 30.1 Å². The number of amides is 1. The van der Waals surface area contributed by atoms with Crippen molar-refractivity contribution in [3.8, 4) is 11.3 Å². The summed E-state index contributed by atoms with van der Waals surface area (Å²) in [5, 5.41) is 0. The van der Waals surface area contributed by atoms with E-state index in [0.717, 1.165) is 23.9 Å². The zero-order chi connectivity index (χ0) is 21.3. The number of fused-ring (bicyclic) bond motifs is 1. The molecule has 0 bridgehead atoms. The van der Waals surface area contributed by atoms with E-state index in [-0.39, 0.29) is 17.4 Å². The maximum atomic E-state index is 15.3. The van der Waals surface area contributed by atoms with E-state index in [4.69, 9.17) is 0 Å². The normalized spacial score (nSPS) is 21.0. The van der Waals surface area contributed by atoms with Crippen LogP contribution in [-0.2, 0) is 11.8 Å². The number of carbonyl (C=O) groups excluding carboxylic acids is 1. The molecule has 1 aliphatic heterocycles. The number of hydrogen-bond donors (Lipinski definition) is 1. The molecule has 1 saturated carbocycles. The number of H-pyrrole nitrogens is 1. The van der Waals surface area contributed by atoms with Crippen molar-refractivity contribution in [3.05, 3.63) is 66.4 Å². The van der Waals surface area contributed by atoms with Crippen LogP contribution in [0, 0.1) is 23.5 Å². The Morgan fingerprint density at radius 1 is 1.10 bits per heavy atom. The fourth-order valence-corrected chi connectivity index (χ4v) is 4.67. The van der Waals surface area contributed by atoms with Crippen LogP contribution in [0.1, 0.15) is 24.4 Å². The minimum absolute atomic E-state index is 0.0547. The number of carbonyl (C=O) groups is 1. The first-order chi connectivity index (χ1) is 15.0. The van der Waals surface area contributed by atoms with E-state index in [1.165, 1.54) is 17.0 Å². The summed E-state index contributed by atoms with van der Waals surface area (Å²) < 4.78 is 32.4. The van der Waals surface area contributed by atoms with Crippen LogP contribution >= 0.6 is 0 Å². The summed E-state index contributed by atoms with van der Waals surface area (Å²) in [4.78, 5) is 26.0. The van der Waals surface area contributed by atoms with Crippen LogP contribution < -0.4 is 4.90 Å². The molecule has 0 radical (unpaired) electrons. The van der Waals surface area contributed by atoms with Crippen LogP contribution in [0.2, 0.25) is 0 Å². The number of rotatable bonds is 4. The molecular weight excluding hydrogens is 400 g/mol. The van der Waals surface area contributed by atoms with E-state index in [9.17, 15) is 4.79 Å². The predicted molar refractivity (Wildman–Crippen MR) is 111 cm³/mol. The third kappa shape index (κ3) is 2.78. The van der Waals surface area contributed by atoms with Crippen LogP contribution in [0.3, 0.4) is 0 Å². The third-order valence-corrected chi connectivity index (χ3v) is 6.33. The van der Waals surface area contributed by atoms with Crippen molar-refractivity contribution in [2.24, 2.45) is 18.9 Å².